The lowest BCUT2D eigenvalue weighted by atomic mass is 10.2. The summed E-state index contributed by atoms with van der Waals surface area (Å²) in [6, 6.07) is 11.7. The highest BCUT2D eigenvalue weighted by atomic mass is 16.6. The fourth-order valence-corrected chi connectivity index (χ4v) is 2.73. The standard InChI is InChI=1S/C22H26N4O6/c1-15-6-5-7-16(12-15)24-21(29)23-13-19(27)25(14-20(28)32-22(2,3)4)17-8-10-18(11-9-17)26(30)31/h5-12H,13-14H2,1-4H3,(H2,23,24,29). The molecule has 0 saturated heterocycles. The number of hydrogen-bond donors (Lipinski definition) is 2. The SMILES string of the molecule is Cc1cccc(NC(=O)NCC(=O)N(CC(=O)OC(C)(C)C)c2ccc([N+](=O)[O-])cc2)c1. The molecule has 0 bridgehead atoms. The van der Waals surface area contributed by atoms with Gasteiger partial charge in [-0.05, 0) is 57.5 Å². The molecule has 0 aliphatic rings. The largest absolute Gasteiger partial charge is 0.459 e. The van der Waals surface area contributed by atoms with E-state index in [9.17, 15) is 24.5 Å². The van der Waals surface area contributed by atoms with E-state index in [1.165, 1.54) is 24.3 Å². The normalized spacial score (nSPS) is 10.8. The second-order valence-electron chi connectivity index (χ2n) is 8.02. The maximum Gasteiger partial charge on any atom is 0.326 e. The monoisotopic (exact) mass is 442 g/mol. The van der Waals surface area contributed by atoms with Crippen molar-refractivity contribution in [3.63, 3.8) is 0 Å². The van der Waals surface area contributed by atoms with Crippen molar-refractivity contribution in [1.29, 1.82) is 0 Å². The molecule has 32 heavy (non-hydrogen) atoms. The van der Waals surface area contributed by atoms with Gasteiger partial charge in [0, 0.05) is 23.5 Å². The summed E-state index contributed by atoms with van der Waals surface area (Å²) in [5.74, 6) is -1.25. The van der Waals surface area contributed by atoms with Crippen LogP contribution in [0.5, 0.6) is 0 Å². The minimum Gasteiger partial charge on any atom is -0.459 e. The lowest BCUT2D eigenvalue weighted by molar-refractivity contribution is -0.384. The first kappa shape index (κ1) is 24.3. The fourth-order valence-electron chi connectivity index (χ4n) is 2.73. The van der Waals surface area contributed by atoms with Gasteiger partial charge in [-0.1, -0.05) is 12.1 Å². The van der Waals surface area contributed by atoms with Crippen LogP contribution in [0.3, 0.4) is 0 Å². The van der Waals surface area contributed by atoms with Gasteiger partial charge in [0.1, 0.15) is 12.1 Å². The summed E-state index contributed by atoms with van der Waals surface area (Å²) in [6.45, 7) is 6.14. The topological polar surface area (TPSA) is 131 Å². The second-order valence-corrected chi connectivity index (χ2v) is 8.02. The number of esters is 1. The number of benzene rings is 2. The van der Waals surface area contributed by atoms with Crippen molar-refractivity contribution < 1.29 is 24.0 Å². The van der Waals surface area contributed by atoms with Crippen LogP contribution in [0.15, 0.2) is 48.5 Å². The summed E-state index contributed by atoms with van der Waals surface area (Å²) in [4.78, 5) is 48.7. The van der Waals surface area contributed by atoms with Gasteiger partial charge in [0.15, 0.2) is 0 Å². The van der Waals surface area contributed by atoms with Crippen molar-refractivity contribution in [2.45, 2.75) is 33.3 Å². The molecule has 0 atom stereocenters. The molecule has 0 spiro atoms. The van der Waals surface area contributed by atoms with Crippen LogP contribution in [0.4, 0.5) is 21.9 Å². The zero-order valence-electron chi connectivity index (χ0n) is 18.4. The van der Waals surface area contributed by atoms with Crippen LogP contribution in [-0.4, -0.2) is 41.5 Å². The number of carbonyl (C=O) groups excluding carboxylic acids is 3. The van der Waals surface area contributed by atoms with Gasteiger partial charge in [0.05, 0.1) is 11.5 Å². The van der Waals surface area contributed by atoms with Crippen LogP contribution < -0.4 is 15.5 Å². The number of rotatable bonds is 7. The second kappa shape index (κ2) is 10.4. The summed E-state index contributed by atoms with van der Waals surface area (Å²) >= 11 is 0. The molecule has 0 saturated carbocycles. The van der Waals surface area contributed by atoms with Gasteiger partial charge >= 0.3 is 12.0 Å². The first-order valence-corrected chi connectivity index (χ1v) is 9.83. The Kier molecular flexibility index (Phi) is 7.89. The maximum absolute atomic E-state index is 12.8. The lowest BCUT2D eigenvalue weighted by Gasteiger charge is -2.25. The van der Waals surface area contributed by atoms with E-state index in [0.717, 1.165) is 10.5 Å². The Morgan fingerprint density at radius 3 is 2.31 bits per heavy atom. The van der Waals surface area contributed by atoms with Gasteiger partial charge in [0.25, 0.3) is 5.69 Å². The summed E-state index contributed by atoms with van der Waals surface area (Å²) in [7, 11) is 0. The first-order valence-electron chi connectivity index (χ1n) is 9.83. The molecule has 2 N–H and O–H groups in total. The number of carbonyl (C=O) groups is 3. The molecule has 3 amide bonds. The van der Waals surface area contributed by atoms with Crippen LogP contribution >= 0.6 is 0 Å². The molecule has 0 aromatic heterocycles. The molecule has 2 rings (SSSR count). The zero-order valence-corrected chi connectivity index (χ0v) is 18.4. The van der Waals surface area contributed by atoms with Gasteiger partial charge in [-0.25, -0.2) is 4.79 Å². The molecule has 2 aromatic rings. The number of nitrogens with zero attached hydrogens (tertiary/aromatic N) is 2. The van der Waals surface area contributed by atoms with E-state index in [0.29, 0.717) is 5.69 Å². The Balaban J connectivity index is 2.11. The lowest BCUT2D eigenvalue weighted by Crippen LogP contribution is -2.45. The van der Waals surface area contributed by atoms with Gasteiger partial charge in [-0.3, -0.25) is 24.6 Å². The number of non-ortho nitro benzene ring substituents is 1. The minimum atomic E-state index is -0.757. The van der Waals surface area contributed by atoms with E-state index < -0.39 is 41.5 Å². The van der Waals surface area contributed by atoms with Crippen molar-refractivity contribution in [2.75, 3.05) is 23.3 Å². The minimum absolute atomic E-state index is 0.158. The third kappa shape index (κ3) is 7.71. The third-order valence-corrected chi connectivity index (χ3v) is 4.06. The Hall–Kier alpha value is -3.95. The number of amides is 3. The molecule has 0 aliphatic heterocycles. The summed E-state index contributed by atoms with van der Waals surface area (Å²) in [5, 5.41) is 16.0. The van der Waals surface area contributed by atoms with Crippen molar-refractivity contribution >= 4 is 35.0 Å². The average Bonchev–Trinajstić information content (AvgIpc) is 2.69. The number of nitro groups is 1. The molecule has 10 nitrogen and oxygen atoms in total. The molecule has 0 unspecified atom stereocenters. The fraction of sp³-hybridized carbons (Fsp3) is 0.318. The predicted octanol–water partition coefficient (Wildman–Crippen LogP) is 3.40. The van der Waals surface area contributed by atoms with E-state index in [2.05, 4.69) is 10.6 Å². The van der Waals surface area contributed by atoms with Crippen molar-refractivity contribution in [2.24, 2.45) is 0 Å². The molecule has 0 fully saturated rings. The number of urea groups is 1. The van der Waals surface area contributed by atoms with E-state index in [4.69, 9.17) is 4.74 Å². The smallest absolute Gasteiger partial charge is 0.326 e. The molecular weight excluding hydrogens is 416 g/mol. The number of nitrogens with one attached hydrogen (secondary N) is 2. The number of nitro benzene ring substituents is 1. The van der Waals surface area contributed by atoms with Gasteiger partial charge in [-0.2, -0.15) is 0 Å². The summed E-state index contributed by atoms with van der Waals surface area (Å²) in [6.07, 6.45) is 0. The van der Waals surface area contributed by atoms with E-state index in [1.807, 2.05) is 13.0 Å². The summed E-state index contributed by atoms with van der Waals surface area (Å²) in [5.41, 5.74) is 0.866. The maximum atomic E-state index is 12.8. The predicted molar refractivity (Wildman–Crippen MR) is 119 cm³/mol. The van der Waals surface area contributed by atoms with Gasteiger partial charge in [0.2, 0.25) is 5.91 Å². The highest BCUT2D eigenvalue weighted by molar-refractivity contribution is 6.01. The van der Waals surface area contributed by atoms with Crippen molar-refractivity contribution in [3.8, 4) is 0 Å². The van der Waals surface area contributed by atoms with Crippen molar-refractivity contribution in [1.82, 2.24) is 5.32 Å². The molecule has 2 aromatic carbocycles. The highest BCUT2D eigenvalue weighted by Gasteiger charge is 2.24. The Bertz CT molecular complexity index is 998. The highest BCUT2D eigenvalue weighted by Crippen LogP contribution is 2.20. The van der Waals surface area contributed by atoms with Crippen LogP contribution in [0.1, 0.15) is 26.3 Å². The van der Waals surface area contributed by atoms with Crippen LogP contribution in [0.2, 0.25) is 0 Å². The zero-order chi connectivity index (χ0) is 23.9. The molecule has 10 heteroatoms. The molecular formula is C22H26N4O6. The molecule has 170 valence electrons. The van der Waals surface area contributed by atoms with Crippen LogP contribution in [-0.2, 0) is 14.3 Å². The van der Waals surface area contributed by atoms with E-state index in [1.54, 1.807) is 39.0 Å². The Labute approximate surface area is 185 Å². The van der Waals surface area contributed by atoms with E-state index in [-0.39, 0.29) is 11.4 Å². The molecule has 0 aliphatic carbocycles. The van der Waals surface area contributed by atoms with Crippen molar-refractivity contribution in [3.05, 3.63) is 64.2 Å². The molecule has 0 radical (unpaired) electrons. The summed E-state index contributed by atoms with van der Waals surface area (Å²) < 4.78 is 5.28. The average molecular weight is 442 g/mol. The number of hydrogen-bond acceptors (Lipinski definition) is 6. The number of ether oxygens (including phenoxy) is 1. The quantitative estimate of drug-likeness (QED) is 0.384. The first-order chi connectivity index (χ1) is 14.9. The number of anilines is 2. The molecule has 0 heterocycles. The number of aryl methyl sites for hydroxylation is 1. The van der Waals surface area contributed by atoms with E-state index >= 15 is 0 Å². The Morgan fingerprint density at radius 2 is 1.75 bits per heavy atom. The third-order valence-electron chi connectivity index (χ3n) is 4.06. The Morgan fingerprint density at radius 1 is 1.09 bits per heavy atom. The van der Waals surface area contributed by atoms with Crippen LogP contribution in [0.25, 0.3) is 0 Å². The van der Waals surface area contributed by atoms with Gasteiger partial charge < -0.3 is 15.4 Å². The van der Waals surface area contributed by atoms with Gasteiger partial charge in [-0.15, -0.1) is 0 Å². The van der Waals surface area contributed by atoms with Crippen LogP contribution in [0, 0.1) is 17.0 Å².